The zero-order valence-electron chi connectivity index (χ0n) is 13.9. The third-order valence-corrected chi connectivity index (χ3v) is 3.69. The van der Waals surface area contributed by atoms with E-state index >= 15 is 0 Å². The molecule has 0 aliphatic heterocycles. The van der Waals surface area contributed by atoms with E-state index in [0.717, 1.165) is 29.8 Å². The van der Waals surface area contributed by atoms with Crippen LogP contribution >= 0.6 is 0 Å². The lowest BCUT2D eigenvalue weighted by Gasteiger charge is -2.09. The van der Waals surface area contributed by atoms with Gasteiger partial charge in [-0.1, -0.05) is 24.3 Å². The van der Waals surface area contributed by atoms with Crippen LogP contribution in [0.4, 0.5) is 8.78 Å². The van der Waals surface area contributed by atoms with Crippen molar-refractivity contribution < 1.29 is 18.3 Å². The molecule has 26 heavy (non-hydrogen) atoms. The molecule has 0 spiro atoms. The number of benzene rings is 2. The third-order valence-electron chi connectivity index (χ3n) is 3.69. The topological polar surface area (TPSA) is 56.1 Å². The molecule has 1 N–H and O–H groups in total. The van der Waals surface area contributed by atoms with Crippen LogP contribution in [0.2, 0.25) is 0 Å². The maximum atomic E-state index is 13.4. The number of carbonyl (C=O) groups is 1. The Balaban J connectivity index is 1.45. The molecule has 0 saturated carbocycles. The average Bonchev–Trinajstić information content (AvgIpc) is 3.13. The van der Waals surface area contributed by atoms with E-state index in [0.29, 0.717) is 12.6 Å². The van der Waals surface area contributed by atoms with Gasteiger partial charge in [-0.25, -0.2) is 13.8 Å². The Morgan fingerprint density at radius 2 is 1.88 bits per heavy atom. The lowest BCUT2D eigenvalue weighted by Crippen LogP contribution is -2.28. The zero-order valence-corrected chi connectivity index (χ0v) is 13.9. The molecule has 134 valence electrons. The van der Waals surface area contributed by atoms with Gasteiger partial charge in [0.2, 0.25) is 0 Å². The number of hydrogen-bond donors (Lipinski definition) is 1. The number of nitrogens with one attached hydrogen (secondary N) is 1. The van der Waals surface area contributed by atoms with Gasteiger partial charge in [-0.3, -0.25) is 4.79 Å². The first-order valence-electron chi connectivity index (χ1n) is 7.98. The number of aromatic nitrogens is 2. The van der Waals surface area contributed by atoms with Crippen molar-refractivity contribution in [2.45, 2.75) is 13.1 Å². The molecule has 0 saturated heterocycles. The SMILES string of the molecule is O=C(COc1ccc(F)cc1F)NCc1ccc(Cn2ccnc2)cc1. The average molecular weight is 357 g/mol. The fourth-order valence-electron chi connectivity index (χ4n) is 2.34. The molecule has 3 rings (SSSR count). The molecule has 3 aromatic rings. The minimum atomic E-state index is -0.841. The molecule has 1 aromatic heterocycles. The van der Waals surface area contributed by atoms with Gasteiger partial charge in [0.1, 0.15) is 5.82 Å². The number of rotatable bonds is 7. The zero-order chi connectivity index (χ0) is 18.4. The number of hydrogen-bond acceptors (Lipinski definition) is 3. The Labute approximate surface area is 149 Å². The summed E-state index contributed by atoms with van der Waals surface area (Å²) < 4.78 is 33.3. The largest absolute Gasteiger partial charge is 0.481 e. The van der Waals surface area contributed by atoms with Gasteiger partial charge in [0, 0.05) is 31.5 Å². The molecule has 2 aromatic carbocycles. The highest BCUT2D eigenvalue weighted by Gasteiger charge is 2.08. The van der Waals surface area contributed by atoms with Gasteiger partial charge >= 0.3 is 0 Å². The highest BCUT2D eigenvalue weighted by molar-refractivity contribution is 5.77. The summed E-state index contributed by atoms with van der Waals surface area (Å²) in [4.78, 5) is 15.8. The van der Waals surface area contributed by atoms with Crippen LogP contribution in [0.5, 0.6) is 5.75 Å². The molecule has 1 heterocycles. The van der Waals surface area contributed by atoms with Gasteiger partial charge < -0.3 is 14.6 Å². The second kappa shape index (κ2) is 8.24. The van der Waals surface area contributed by atoms with Crippen molar-refractivity contribution in [1.29, 1.82) is 0 Å². The van der Waals surface area contributed by atoms with Crippen LogP contribution in [0, 0.1) is 11.6 Å². The van der Waals surface area contributed by atoms with Gasteiger partial charge in [0.25, 0.3) is 5.91 Å². The summed E-state index contributed by atoms with van der Waals surface area (Å²) in [6, 6.07) is 10.7. The van der Waals surface area contributed by atoms with Gasteiger partial charge in [-0.05, 0) is 23.3 Å². The molecular weight excluding hydrogens is 340 g/mol. The van der Waals surface area contributed by atoms with Crippen molar-refractivity contribution >= 4 is 5.91 Å². The summed E-state index contributed by atoms with van der Waals surface area (Å²) in [5.41, 5.74) is 2.05. The minimum absolute atomic E-state index is 0.162. The monoisotopic (exact) mass is 357 g/mol. The Morgan fingerprint density at radius 1 is 1.12 bits per heavy atom. The molecule has 0 atom stereocenters. The maximum Gasteiger partial charge on any atom is 0.258 e. The number of ether oxygens (including phenoxy) is 1. The second-order valence-electron chi connectivity index (χ2n) is 5.69. The molecule has 0 bridgehead atoms. The first-order valence-corrected chi connectivity index (χ1v) is 7.98. The van der Waals surface area contributed by atoms with E-state index in [1.165, 1.54) is 0 Å². The fourth-order valence-corrected chi connectivity index (χ4v) is 2.34. The molecule has 7 heteroatoms. The van der Waals surface area contributed by atoms with Crippen LogP contribution in [0.3, 0.4) is 0 Å². The van der Waals surface area contributed by atoms with E-state index in [1.54, 1.807) is 12.5 Å². The summed E-state index contributed by atoms with van der Waals surface area (Å²) in [5, 5.41) is 2.69. The Bertz CT molecular complexity index is 865. The lowest BCUT2D eigenvalue weighted by molar-refractivity contribution is -0.123. The highest BCUT2D eigenvalue weighted by Crippen LogP contribution is 2.17. The van der Waals surface area contributed by atoms with E-state index in [2.05, 4.69) is 10.3 Å². The van der Waals surface area contributed by atoms with Gasteiger partial charge in [-0.2, -0.15) is 0 Å². The maximum absolute atomic E-state index is 13.4. The molecule has 1 amide bonds. The van der Waals surface area contributed by atoms with Crippen LogP contribution in [0.1, 0.15) is 11.1 Å². The van der Waals surface area contributed by atoms with Crippen LogP contribution in [0.15, 0.2) is 61.2 Å². The van der Waals surface area contributed by atoms with E-state index in [-0.39, 0.29) is 12.4 Å². The van der Waals surface area contributed by atoms with Gasteiger partial charge in [0.15, 0.2) is 18.2 Å². The molecule has 0 aliphatic rings. The Kier molecular flexibility index (Phi) is 5.58. The number of carbonyl (C=O) groups excluding carboxylic acids is 1. The number of nitrogens with zero attached hydrogens (tertiary/aromatic N) is 2. The Morgan fingerprint density at radius 3 is 2.58 bits per heavy atom. The standard InChI is InChI=1S/C19H17F2N3O2/c20-16-5-6-18(17(21)9-16)26-12-19(25)23-10-14-1-3-15(4-2-14)11-24-8-7-22-13-24/h1-9,13H,10-12H2,(H,23,25). The first kappa shape index (κ1) is 17.6. The van der Waals surface area contributed by atoms with Gasteiger partial charge in [0.05, 0.1) is 6.33 Å². The van der Waals surface area contributed by atoms with Crippen LogP contribution in [-0.2, 0) is 17.9 Å². The second-order valence-corrected chi connectivity index (χ2v) is 5.69. The van der Waals surface area contributed by atoms with Crippen molar-refractivity contribution in [2.75, 3.05) is 6.61 Å². The normalized spacial score (nSPS) is 10.5. The molecule has 0 aliphatic carbocycles. The summed E-state index contributed by atoms with van der Waals surface area (Å²) in [7, 11) is 0. The summed E-state index contributed by atoms with van der Waals surface area (Å²) >= 11 is 0. The molecule has 0 unspecified atom stereocenters. The van der Waals surface area contributed by atoms with Gasteiger partial charge in [-0.15, -0.1) is 0 Å². The predicted octanol–water partition coefficient (Wildman–Crippen LogP) is 2.90. The van der Waals surface area contributed by atoms with Crippen LogP contribution in [-0.4, -0.2) is 22.1 Å². The summed E-state index contributed by atoms with van der Waals surface area (Å²) in [6.45, 7) is 0.713. The minimum Gasteiger partial charge on any atom is -0.481 e. The molecule has 5 nitrogen and oxygen atoms in total. The predicted molar refractivity (Wildman–Crippen MR) is 91.5 cm³/mol. The van der Waals surface area contributed by atoms with E-state index in [1.807, 2.05) is 35.0 Å². The highest BCUT2D eigenvalue weighted by atomic mass is 19.1. The number of amides is 1. The Hall–Kier alpha value is -3.22. The van der Waals surface area contributed by atoms with E-state index in [9.17, 15) is 13.6 Å². The summed E-state index contributed by atoms with van der Waals surface area (Å²) in [5.74, 6) is -2.09. The van der Waals surface area contributed by atoms with Crippen molar-refractivity contribution in [3.05, 3.63) is 83.9 Å². The smallest absolute Gasteiger partial charge is 0.258 e. The quantitative estimate of drug-likeness (QED) is 0.707. The molecular formula is C19H17F2N3O2. The fraction of sp³-hybridized carbons (Fsp3) is 0.158. The summed E-state index contributed by atoms with van der Waals surface area (Å²) in [6.07, 6.45) is 5.36. The molecule has 0 radical (unpaired) electrons. The molecule has 0 fully saturated rings. The van der Waals surface area contributed by atoms with Crippen LogP contribution < -0.4 is 10.1 Å². The number of halogens is 2. The van der Waals surface area contributed by atoms with Crippen molar-refractivity contribution in [2.24, 2.45) is 0 Å². The van der Waals surface area contributed by atoms with E-state index in [4.69, 9.17) is 4.74 Å². The lowest BCUT2D eigenvalue weighted by atomic mass is 10.1. The van der Waals surface area contributed by atoms with E-state index < -0.39 is 17.5 Å². The third kappa shape index (κ3) is 4.89. The first-order chi connectivity index (χ1) is 12.6. The van der Waals surface area contributed by atoms with Crippen molar-refractivity contribution in [3.63, 3.8) is 0 Å². The van der Waals surface area contributed by atoms with Crippen molar-refractivity contribution in [3.8, 4) is 5.75 Å². The number of imidazole rings is 1. The van der Waals surface area contributed by atoms with Crippen LogP contribution in [0.25, 0.3) is 0 Å². The van der Waals surface area contributed by atoms with Crippen molar-refractivity contribution in [1.82, 2.24) is 14.9 Å².